The molecule has 3 aromatic carbocycles. The number of hydrogen-bond donors (Lipinski definition) is 1. The summed E-state index contributed by atoms with van der Waals surface area (Å²) in [7, 11) is 0.300. The third kappa shape index (κ3) is 4.12. The molecule has 132 valence electrons. The molecule has 25 heavy (non-hydrogen) atoms. The van der Waals surface area contributed by atoms with Crippen LogP contribution in [0.1, 0.15) is 5.56 Å². The molecule has 6 heteroatoms. The molecule has 0 aliphatic heterocycles. The summed E-state index contributed by atoms with van der Waals surface area (Å²) in [5.41, 5.74) is 1.92. The Labute approximate surface area is 154 Å². The summed E-state index contributed by atoms with van der Waals surface area (Å²) in [4.78, 5) is 2.29. The summed E-state index contributed by atoms with van der Waals surface area (Å²) >= 11 is 0. The van der Waals surface area contributed by atoms with Gasteiger partial charge in [0.2, 0.25) is 10.0 Å². The second-order valence-electron chi connectivity index (χ2n) is 5.83. The third-order valence-corrected chi connectivity index (χ3v) is 5.40. The van der Waals surface area contributed by atoms with Crippen molar-refractivity contribution in [2.45, 2.75) is 11.4 Å². The van der Waals surface area contributed by atoms with Gasteiger partial charge in [0.1, 0.15) is 0 Å². The van der Waals surface area contributed by atoms with Gasteiger partial charge in [-0.05, 0) is 17.7 Å². The first-order valence-electron chi connectivity index (χ1n) is 7.72. The highest BCUT2D eigenvalue weighted by Crippen LogP contribution is 2.30. The van der Waals surface area contributed by atoms with Crippen LogP contribution in [0, 0.1) is 0 Å². The van der Waals surface area contributed by atoms with Gasteiger partial charge in [0, 0.05) is 37.1 Å². The number of halogens is 1. The molecule has 4 nitrogen and oxygen atoms in total. The molecular formula is C19H21ClN2O2S. The summed E-state index contributed by atoms with van der Waals surface area (Å²) in [6.07, 6.45) is 0. The Morgan fingerprint density at radius 2 is 1.48 bits per heavy atom. The fourth-order valence-electron chi connectivity index (χ4n) is 2.74. The number of nitrogens with one attached hydrogen (secondary N) is 1. The van der Waals surface area contributed by atoms with E-state index in [2.05, 4.69) is 4.72 Å². The lowest BCUT2D eigenvalue weighted by Gasteiger charge is -2.17. The smallest absolute Gasteiger partial charge is 0.241 e. The lowest BCUT2D eigenvalue weighted by Crippen LogP contribution is -2.23. The van der Waals surface area contributed by atoms with E-state index >= 15 is 0 Å². The summed E-state index contributed by atoms with van der Waals surface area (Å²) in [6, 6.07) is 20.6. The van der Waals surface area contributed by atoms with Crippen LogP contribution in [-0.4, -0.2) is 22.5 Å². The van der Waals surface area contributed by atoms with Crippen LogP contribution in [-0.2, 0) is 16.6 Å². The van der Waals surface area contributed by atoms with Gasteiger partial charge in [0.25, 0.3) is 0 Å². The maximum absolute atomic E-state index is 12.8. The minimum atomic E-state index is -3.60. The molecule has 0 heterocycles. The van der Waals surface area contributed by atoms with Crippen LogP contribution in [0.2, 0.25) is 0 Å². The van der Waals surface area contributed by atoms with Crippen LogP contribution in [0.3, 0.4) is 0 Å². The van der Waals surface area contributed by atoms with E-state index in [1.165, 1.54) is 0 Å². The standard InChI is InChI=1S/C19H20N2O2S.ClH/c1-21(2)18-12-6-11-17-16(18)10-7-13-19(17)24(22,23)20-14-15-8-4-3-5-9-15;/h3-13,20H,14H2,1-2H3;1H. The Hall–Kier alpha value is -2.08. The molecule has 0 spiro atoms. The molecule has 0 saturated heterocycles. The number of hydrogen-bond acceptors (Lipinski definition) is 3. The molecular weight excluding hydrogens is 356 g/mol. The molecule has 0 unspecified atom stereocenters. The first kappa shape index (κ1) is 19.2. The Balaban J connectivity index is 0.00000225. The second kappa shape index (κ2) is 7.87. The Morgan fingerprint density at radius 3 is 2.16 bits per heavy atom. The zero-order chi connectivity index (χ0) is 17.2. The van der Waals surface area contributed by atoms with Gasteiger partial charge in [-0.15, -0.1) is 12.4 Å². The highest BCUT2D eigenvalue weighted by atomic mass is 35.5. The van der Waals surface area contributed by atoms with Crippen molar-refractivity contribution in [1.82, 2.24) is 4.72 Å². The molecule has 0 aromatic heterocycles. The Bertz CT molecular complexity index is 958. The number of anilines is 1. The predicted molar refractivity (Wildman–Crippen MR) is 106 cm³/mol. The maximum Gasteiger partial charge on any atom is 0.241 e. The maximum atomic E-state index is 12.8. The second-order valence-corrected chi connectivity index (χ2v) is 7.57. The van der Waals surface area contributed by atoms with Crippen molar-refractivity contribution in [3.8, 4) is 0 Å². The van der Waals surface area contributed by atoms with E-state index in [0.717, 1.165) is 22.0 Å². The van der Waals surface area contributed by atoms with Gasteiger partial charge in [0.15, 0.2) is 0 Å². The number of nitrogens with zero attached hydrogens (tertiary/aromatic N) is 1. The van der Waals surface area contributed by atoms with Crippen molar-refractivity contribution >= 4 is 38.9 Å². The molecule has 3 rings (SSSR count). The van der Waals surface area contributed by atoms with Gasteiger partial charge in [-0.2, -0.15) is 0 Å². The average molecular weight is 377 g/mol. The molecule has 0 radical (unpaired) electrons. The third-order valence-electron chi connectivity index (χ3n) is 3.94. The lowest BCUT2D eigenvalue weighted by atomic mass is 10.1. The molecule has 1 N–H and O–H groups in total. The molecule has 0 aliphatic rings. The van der Waals surface area contributed by atoms with Crippen LogP contribution >= 0.6 is 12.4 Å². The molecule has 3 aromatic rings. The topological polar surface area (TPSA) is 49.4 Å². The fraction of sp³-hybridized carbons (Fsp3) is 0.158. The van der Waals surface area contributed by atoms with Crippen LogP contribution < -0.4 is 9.62 Å². The first-order chi connectivity index (χ1) is 11.5. The minimum absolute atomic E-state index is 0. The number of fused-ring (bicyclic) bond motifs is 1. The van der Waals surface area contributed by atoms with Crippen molar-refractivity contribution in [3.05, 3.63) is 72.3 Å². The average Bonchev–Trinajstić information content (AvgIpc) is 2.59. The van der Waals surface area contributed by atoms with Crippen LogP contribution in [0.25, 0.3) is 10.8 Å². The highest BCUT2D eigenvalue weighted by molar-refractivity contribution is 7.89. The van der Waals surface area contributed by atoms with E-state index < -0.39 is 10.0 Å². The predicted octanol–water partition coefficient (Wildman–Crippen LogP) is 3.81. The van der Waals surface area contributed by atoms with E-state index in [0.29, 0.717) is 4.90 Å². The van der Waals surface area contributed by atoms with E-state index in [4.69, 9.17) is 0 Å². The summed E-state index contributed by atoms with van der Waals surface area (Å²) < 4.78 is 28.2. The lowest BCUT2D eigenvalue weighted by molar-refractivity contribution is 0.582. The number of rotatable bonds is 5. The molecule has 0 amide bonds. The SMILES string of the molecule is CN(C)c1cccc2c(S(=O)(=O)NCc3ccccc3)cccc12.Cl. The van der Waals surface area contributed by atoms with Crippen molar-refractivity contribution < 1.29 is 8.42 Å². The van der Waals surface area contributed by atoms with Crippen molar-refractivity contribution in [2.24, 2.45) is 0 Å². The van der Waals surface area contributed by atoms with Gasteiger partial charge in [-0.25, -0.2) is 13.1 Å². The molecule has 0 fully saturated rings. The monoisotopic (exact) mass is 376 g/mol. The summed E-state index contributed by atoms with van der Waals surface area (Å²) in [5.74, 6) is 0. The van der Waals surface area contributed by atoms with Crippen LogP contribution in [0.15, 0.2) is 71.6 Å². The molecule has 0 saturated carbocycles. The number of sulfonamides is 1. The van der Waals surface area contributed by atoms with Gasteiger partial charge >= 0.3 is 0 Å². The van der Waals surface area contributed by atoms with Crippen LogP contribution in [0.4, 0.5) is 5.69 Å². The fourth-order valence-corrected chi connectivity index (χ4v) is 3.98. The molecule has 0 bridgehead atoms. The van der Waals surface area contributed by atoms with Crippen molar-refractivity contribution in [2.75, 3.05) is 19.0 Å². The van der Waals surface area contributed by atoms with Gasteiger partial charge in [0.05, 0.1) is 4.90 Å². The van der Waals surface area contributed by atoms with Crippen LogP contribution in [0.5, 0.6) is 0 Å². The van der Waals surface area contributed by atoms with E-state index in [1.54, 1.807) is 12.1 Å². The van der Waals surface area contributed by atoms with Gasteiger partial charge < -0.3 is 4.90 Å². The zero-order valence-corrected chi connectivity index (χ0v) is 15.8. The van der Waals surface area contributed by atoms with E-state index in [1.807, 2.05) is 73.6 Å². The van der Waals surface area contributed by atoms with E-state index in [9.17, 15) is 8.42 Å². The quantitative estimate of drug-likeness (QED) is 0.736. The largest absolute Gasteiger partial charge is 0.377 e. The Morgan fingerprint density at radius 1 is 0.840 bits per heavy atom. The molecule has 0 aliphatic carbocycles. The minimum Gasteiger partial charge on any atom is -0.377 e. The zero-order valence-electron chi connectivity index (χ0n) is 14.1. The first-order valence-corrected chi connectivity index (χ1v) is 9.20. The summed E-state index contributed by atoms with van der Waals surface area (Å²) in [5, 5.41) is 1.65. The van der Waals surface area contributed by atoms with Crippen molar-refractivity contribution in [3.63, 3.8) is 0 Å². The van der Waals surface area contributed by atoms with Gasteiger partial charge in [-0.1, -0.05) is 54.6 Å². The normalized spacial score (nSPS) is 11.1. The number of benzene rings is 3. The summed E-state index contributed by atoms with van der Waals surface area (Å²) in [6.45, 7) is 0.271. The van der Waals surface area contributed by atoms with Gasteiger partial charge in [-0.3, -0.25) is 0 Å². The highest BCUT2D eigenvalue weighted by Gasteiger charge is 2.18. The van der Waals surface area contributed by atoms with Crippen molar-refractivity contribution in [1.29, 1.82) is 0 Å². The molecule has 0 atom stereocenters. The Kier molecular flexibility index (Phi) is 6.06. The van der Waals surface area contributed by atoms with E-state index in [-0.39, 0.29) is 19.0 Å².